The molecule has 9 heteroatoms. The summed E-state index contributed by atoms with van der Waals surface area (Å²) >= 11 is 7.28. The first-order valence-corrected chi connectivity index (χ1v) is 12.3. The van der Waals surface area contributed by atoms with Crippen LogP contribution < -0.4 is 5.43 Å². The van der Waals surface area contributed by atoms with Gasteiger partial charge in [-0.15, -0.1) is 11.3 Å². The van der Waals surface area contributed by atoms with E-state index in [0.717, 1.165) is 30.4 Å². The summed E-state index contributed by atoms with van der Waals surface area (Å²) in [5.74, 6) is 0. The van der Waals surface area contributed by atoms with Gasteiger partial charge in [0, 0.05) is 29.1 Å². The number of sulfonamides is 1. The molecule has 4 rings (SSSR count). The number of piperidine rings is 1. The minimum Gasteiger partial charge on any atom is -0.253 e. The lowest BCUT2D eigenvalue weighted by Crippen LogP contribution is -2.35. The number of halogens is 1. The Labute approximate surface area is 185 Å². The Morgan fingerprint density at radius 2 is 1.87 bits per heavy atom. The number of hydrogen-bond donors (Lipinski definition) is 1. The molecule has 156 valence electrons. The van der Waals surface area contributed by atoms with Crippen LogP contribution in [0.1, 0.15) is 24.8 Å². The molecule has 3 aromatic rings. The number of aromatic nitrogens is 1. The monoisotopic (exact) mass is 460 g/mol. The molecule has 0 atom stereocenters. The fourth-order valence-corrected chi connectivity index (χ4v) is 5.60. The number of hydrogen-bond acceptors (Lipinski definition) is 6. The van der Waals surface area contributed by atoms with E-state index in [0.29, 0.717) is 33.8 Å². The van der Waals surface area contributed by atoms with E-state index in [4.69, 9.17) is 11.6 Å². The first-order valence-electron chi connectivity index (χ1n) is 9.63. The van der Waals surface area contributed by atoms with Crippen LogP contribution in [0.25, 0.3) is 11.3 Å². The fraction of sp³-hybridized carbons (Fsp3) is 0.238. The summed E-state index contributed by atoms with van der Waals surface area (Å²) in [6.07, 6.45) is 4.59. The highest BCUT2D eigenvalue weighted by Gasteiger charge is 2.26. The summed E-state index contributed by atoms with van der Waals surface area (Å²) in [7, 11) is -3.47. The van der Waals surface area contributed by atoms with E-state index in [2.05, 4.69) is 15.5 Å². The van der Waals surface area contributed by atoms with Crippen molar-refractivity contribution in [3.63, 3.8) is 0 Å². The Morgan fingerprint density at radius 3 is 2.63 bits per heavy atom. The summed E-state index contributed by atoms with van der Waals surface area (Å²) in [5.41, 5.74) is 5.30. The molecule has 1 fully saturated rings. The van der Waals surface area contributed by atoms with Crippen molar-refractivity contribution in [2.24, 2.45) is 5.10 Å². The van der Waals surface area contributed by atoms with Gasteiger partial charge < -0.3 is 0 Å². The van der Waals surface area contributed by atoms with Gasteiger partial charge in [0.25, 0.3) is 0 Å². The number of rotatable bonds is 6. The second-order valence-corrected chi connectivity index (χ2v) is 10.2. The Balaban J connectivity index is 1.48. The number of benzene rings is 2. The largest absolute Gasteiger partial charge is 0.253 e. The van der Waals surface area contributed by atoms with Gasteiger partial charge in [-0.25, -0.2) is 13.4 Å². The maximum Gasteiger partial charge on any atom is 0.243 e. The van der Waals surface area contributed by atoms with Crippen molar-refractivity contribution in [2.45, 2.75) is 24.2 Å². The van der Waals surface area contributed by atoms with E-state index in [1.807, 2.05) is 23.6 Å². The van der Waals surface area contributed by atoms with Crippen molar-refractivity contribution >= 4 is 44.3 Å². The second-order valence-electron chi connectivity index (χ2n) is 6.95. The molecular formula is C21H21ClN4O2S2. The molecule has 0 saturated carbocycles. The van der Waals surface area contributed by atoms with Crippen molar-refractivity contribution in [3.8, 4) is 11.3 Å². The van der Waals surface area contributed by atoms with E-state index in [9.17, 15) is 8.42 Å². The Hall–Kier alpha value is -2.26. The zero-order valence-electron chi connectivity index (χ0n) is 16.2. The van der Waals surface area contributed by atoms with E-state index in [-0.39, 0.29) is 0 Å². The third kappa shape index (κ3) is 4.89. The number of nitrogens with one attached hydrogen (secondary N) is 1. The van der Waals surface area contributed by atoms with Gasteiger partial charge in [0.15, 0.2) is 0 Å². The number of hydrazone groups is 1. The summed E-state index contributed by atoms with van der Waals surface area (Å²) < 4.78 is 27.5. The van der Waals surface area contributed by atoms with Gasteiger partial charge >= 0.3 is 0 Å². The van der Waals surface area contributed by atoms with E-state index in [1.165, 1.54) is 11.3 Å². The van der Waals surface area contributed by atoms with Crippen LogP contribution in [0.2, 0.25) is 5.02 Å². The molecule has 2 heterocycles. The SMILES string of the molecule is O=S(=O)(c1cccc(-c2csc(N/N=C/c3ccc(Cl)cc3)n2)c1)N1CCCCC1. The van der Waals surface area contributed by atoms with Gasteiger partial charge in [0.2, 0.25) is 15.2 Å². The molecule has 0 bridgehead atoms. The summed E-state index contributed by atoms with van der Waals surface area (Å²) in [6, 6.07) is 14.3. The van der Waals surface area contributed by atoms with E-state index < -0.39 is 10.0 Å². The molecule has 1 N–H and O–H groups in total. The van der Waals surface area contributed by atoms with E-state index in [1.54, 1.807) is 40.9 Å². The van der Waals surface area contributed by atoms with Crippen molar-refractivity contribution < 1.29 is 8.42 Å². The average Bonchev–Trinajstić information content (AvgIpc) is 3.25. The fourth-order valence-electron chi connectivity index (χ4n) is 3.24. The predicted octanol–water partition coefficient (Wildman–Crippen LogP) is 5.08. The summed E-state index contributed by atoms with van der Waals surface area (Å²) in [5, 5.41) is 7.38. The second kappa shape index (κ2) is 9.26. The number of anilines is 1. The quantitative estimate of drug-likeness (QED) is 0.411. The number of nitrogens with zero attached hydrogens (tertiary/aromatic N) is 3. The predicted molar refractivity (Wildman–Crippen MR) is 123 cm³/mol. The summed E-state index contributed by atoms with van der Waals surface area (Å²) in [6.45, 7) is 1.17. The zero-order valence-corrected chi connectivity index (χ0v) is 18.6. The Bertz CT molecular complexity index is 1140. The molecule has 1 saturated heterocycles. The molecule has 0 radical (unpaired) electrons. The third-order valence-corrected chi connectivity index (χ3v) is 7.72. The average molecular weight is 461 g/mol. The lowest BCUT2D eigenvalue weighted by molar-refractivity contribution is 0.346. The van der Waals surface area contributed by atoms with Gasteiger partial charge in [-0.2, -0.15) is 9.41 Å². The van der Waals surface area contributed by atoms with Crippen molar-refractivity contribution in [1.82, 2.24) is 9.29 Å². The molecule has 0 spiro atoms. The lowest BCUT2D eigenvalue weighted by Gasteiger charge is -2.26. The molecule has 0 aliphatic carbocycles. The minimum absolute atomic E-state index is 0.310. The first-order chi connectivity index (χ1) is 14.5. The van der Waals surface area contributed by atoms with Crippen molar-refractivity contribution in [3.05, 3.63) is 64.5 Å². The standard InChI is InChI=1S/C21H21ClN4O2S2/c22-18-9-7-16(8-10-18)14-23-25-21-24-20(15-29-21)17-5-4-6-19(13-17)30(27,28)26-11-2-1-3-12-26/h4-10,13-15H,1-3,11-12H2,(H,24,25)/b23-14+. The molecule has 1 aliphatic heterocycles. The van der Waals surface area contributed by atoms with Crippen LogP contribution in [-0.4, -0.2) is 37.0 Å². The van der Waals surface area contributed by atoms with Crippen molar-refractivity contribution in [2.75, 3.05) is 18.5 Å². The molecule has 30 heavy (non-hydrogen) atoms. The smallest absolute Gasteiger partial charge is 0.243 e. The van der Waals surface area contributed by atoms with Crippen LogP contribution in [0, 0.1) is 0 Å². The Kier molecular flexibility index (Phi) is 6.48. The van der Waals surface area contributed by atoms with Crippen LogP contribution >= 0.6 is 22.9 Å². The van der Waals surface area contributed by atoms with Crippen LogP contribution in [0.4, 0.5) is 5.13 Å². The molecule has 2 aromatic carbocycles. The van der Waals surface area contributed by atoms with E-state index >= 15 is 0 Å². The minimum atomic E-state index is -3.47. The van der Waals surface area contributed by atoms with Gasteiger partial charge in [0.05, 0.1) is 16.8 Å². The van der Waals surface area contributed by atoms with Gasteiger partial charge in [-0.1, -0.05) is 42.3 Å². The highest BCUT2D eigenvalue weighted by atomic mass is 35.5. The highest BCUT2D eigenvalue weighted by molar-refractivity contribution is 7.89. The van der Waals surface area contributed by atoms with Gasteiger partial charge in [0.1, 0.15) is 0 Å². The Morgan fingerprint density at radius 1 is 1.10 bits per heavy atom. The van der Waals surface area contributed by atoms with Gasteiger partial charge in [-0.05, 0) is 42.7 Å². The topological polar surface area (TPSA) is 74.7 Å². The first kappa shape index (κ1) is 21.0. The molecule has 1 aromatic heterocycles. The highest BCUT2D eigenvalue weighted by Crippen LogP contribution is 2.28. The van der Waals surface area contributed by atoms with Gasteiger partial charge in [-0.3, -0.25) is 5.43 Å². The molecule has 1 aliphatic rings. The van der Waals surface area contributed by atoms with Crippen LogP contribution in [-0.2, 0) is 10.0 Å². The van der Waals surface area contributed by atoms with Crippen LogP contribution in [0.15, 0.2) is 63.9 Å². The third-order valence-electron chi connectivity index (χ3n) is 4.83. The summed E-state index contributed by atoms with van der Waals surface area (Å²) in [4.78, 5) is 4.84. The molecular weight excluding hydrogens is 440 g/mol. The molecule has 0 unspecified atom stereocenters. The van der Waals surface area contributed by atoms with Crippen LogP contribution in [0.3, 0.4) is 0 Å². The molecule has 6 nitrogen and oxygen atoms in total. The lowest BCUT2D eigenvalue weighted by atomic mass is 10.2. The zero-order chi connectivity index (χ0) is 21.0. The van der Waals surface area contributed by atoms with Crippen LogP contribution in [0.5, 0.6) is 0 Å². The maximum absolute atomic E-state index is 12.9. The maximum atomic E-state index is 12.9. The molecule has 0 amide bonds. The number of thiazole rings is 1. The van der Waals surface area contributed by atoms with Crippen molar-refractivity contribution in [1.29, 1.82) is 0 Å². The normalized spacial score (nSPS) is 15.5.